The van der Waals surface area contributed by atoms with Gasteiger partial charge in [-0.1, -0.05) is 33.3 Å². The third-order valence-electron chi connectivity index (χ3n) is 4.46. The summed E-state index contributed by atoms with van der Waals surface area (Å²) in [5, 5.41) is 0. The monoisotopic (exact) mass is 428 g/mol. The predicted octanol–water partition coefficient (Wildman–Crippen LogP) is 3.56. The third-order valence-corrected chi connectivity index (χ3v) is 6.11. The highest BCUT2D eigenvalue weighted by atomic mass is 79.9. The zero-order chi connectivity index (χ0) is 18.0. The normalized spacial score (nSPS) is 14.0. The van der Waals surface area contributed by atoms with Gasteiger partial charge in [0.25, 0.3) is 5.56 Å². The van der Waals surface area contributed by atoms with Crippen molar-refractivity contribution in [1.82, 2.24) is 9.38 Å². The van der Waals surface area contributed by atoms with Gasteiger partial charge in [-0.25, -0.2) is 9.38 Å². The second kappa shape index (κ2) is 5.56. The number of nitrogens with zero attached hydrogens (tertiary/aromatic N) is 2. The maximum Gasteiger partial charge on any atom is 0.274 e. The standard InChI is InChI=1S/C19H13BrN2O3S/c1-9-3-10(2)17-13(4-9)22-18(23)16(26-19(22)21-17)6-11-5-14-15(7-12(11)20)25-8-24-14/h3-7H,8H2,1-2H3/b16-6-. The lowest BCUT2D eigenvalue weighted by Gasteiger charge is -2.01. The Morgan fingerprint density at radius 1 is 1.19 bits per heavy atom. The van der Waals surface area contributed by atoms with Crippen molar-refractivity contribution in [2.75, 3.05) is 6.79 Å². The smallest absolute Gasteiger partial charge is 0.274 e. The molecule has 0 aliphatic carbocycles. The van der Waals surface area contributed by atoms with Crippen LogP contribution in [0.2, 0.25) is 0 Å². The molecule has 0 bridgehead atoms. The van der Waals surface area contributed by atoms with Crippen LogP contribution in [0.5, 0.6) is 11.5 Å². The quantitative estimate of drug-likeness (QED) is 0.465. The average Bonchev–Trinajstić information content (AvgIpc) is 3.24. The molecule has 2 aromatic heterocycles. The molecule has 7 heteroatoms. The summed E-state index contributed by atoms with van der Waals surface area (Å²) in [5.41, 5.74) is 4.76. The molecule has 5 rings (SSSR count). The van der Waals surface area contributed by atoms with E-state index in [1.165, 1.54) is 11.3 Å². The first-order valence-corrected chi connectivity index (χ1v) is 9.65. The minimum Gasteiger partial charge on any atom is -0.454 e. The van der Waals surface area contributed by atoms with Gasteiger partial charge in [0.2, 0.25) is 6.79 Å². The van der Waals surface area contributed by atoms with Crippen LogP contribution in [0.1, 0.15) is 16.7 Å². The minimum absolute atomic E-state index is 0.0536. The van der Waals surface area contributed by atoms with E-state index in [0.717, 1.165) is 32.2 Å². The maximum absolute atomic E-state index is 13.0. The van der Waals surface area contributed by atoms with Gasteiger partial charge in [0.15, 0.2) is 16.5 Å². The van der Waals surface area contributed by atoms with Crippen LogP contribution in [-0.4, -0.2) is 16.2 Å². The molecule has 0 radical (unpaired) electrons. The molecule has 130 valence electrons. The topological polar surface area (TPSA) is 52.8 Å². The van der Waals surface area contributed by atoms with E-state index in [9.17, 15) is 4.79 Å². The van der Waals surface area contributed by atoms with Gasteiger partial charge in [0, 0.05) is 4.47 Å². The fourth-order valence-electron chi connectivity index (χ4n) is 3.30. The van der Waals surface area contributed by atoms with Gasteiger partial charge >= 0.3 is 0 Å². The van der Waals surface area contributed by atoms with Crippen molar-refractivity contribution in [2.45, 2.75) is 13.8 Å². The van der Waals surface area contributed by atoms with Gasteiger partial charge in [0.05, 0.1) is 15.6 Å². The van der Waals surface area contributed by atoms with Gasteiger partial charge in [-0.15, -0.1) is 0 Å². The number of halogens is 1. The number of thiazole rings is 1. The average molecular weight is 429 g/mol. The van der Waals surface area contributed by atoms with Crippen molar-refractivity contribution in [3.63, 3.8) is 0 Å². The van der Waals surface area contributed by atoms with E-state index in [2.05, 4.69) is 27.0 Å². The molecular formula is C19H13BrN2O3S. The molecule has 2 aromatic carbocycles. The second-order valence-electron chi connectivity index (χ2n) is 6.32. The number of rotatable bonds is 1. The van der Waals surface area contributed by atoms with Crippen molar-refractivity contribution < 1.29 is 9.47 Å². The van der Waals surface area contributed by atoms with Crippen molar-refractivity contribution >= 4 is 49.3 Å². The molecule has 3 heterocycles. The Morgan fingerprint density at radius 3 is 2.77 bits per heavy atom. The number of imidazole rings is 1. The molecule has 4 aromatic rings. The van der Waals surface area contributed by atoms with Crippen molar-refractivity contribution in [3.8, 4) is 11.5 Å². The molecule has 0 saturated carbocycles. The summed E-state index contributed by atoms with van der Waals surface area (Å²) in [5.74, 6) is 1.39. The van der Waals surface area contributed by atoms with Gasteiger partial charge in [-0.05, 0) is 54.8 Å². The first-order chi connectivity index (χ1) is 12.5. The lowest BCUT2D eigenvalue weighted by molar-refractivity contribution is 0.174. The van der Waals surface area contributed by atoms with Crippen molar-refractivity contribution in [1.29, 1.82) is 0 Å². The molecule has 5 nitrogen and oxygen atoms in total. The Labute approximate surface area is 160 Å². The van der Waals surface area contributed by atoms with E-state index in [1.54, 1.807) is 4.40 Å². The highest BCUT2D eigenvalue weighted by Crippen LogP contribution is 2.37. The molecule has 0 fully saturated rings. The minimum atomic E-state index is -0.0536. The summed E-state index contributed by atoms with van der Waals surface area (Å²) >= 11 is 4.93. The summed E-state index contributed by atoms with van der Waals surface area (Å²) in [6.45, 7) is 4.27. The predicted molar refractivity (Wildman–Crippen MR) is 105 cm³/mol. The lowest BCUT2D eigenvalue weighted by Crippen LogP contribution is -2.22. The molecule has 0 atom stereocenters. The van der Waals surface area contributed by atoms with Gasteiger partial charge in [-0.3, -0.25) is 4.79 Å². The molecule has 1 aliphatic heterocycles. The van der Waals surface area contributed by atoms with Crippen LogP contribution in [0, 0.1) is 13.8 Å². The number of aryl methyl sites for hydroxylation is 2. The summed E-state index contributed by atoms with van der Waals surface area (Å²) in [6.07, 6.45) is 1.86. The van der Waals surface area contributed by atoms with E-state index in [-0.39, 0.29) is 12.4 Å². The molecule has 0 amide bonds. The van der Waals surface area contributed by atoms with Crippen molar-refractivity contribution in [2.24, 2.45) is 0 Å². The van der Waals surface area contributed by atoms with E-state index < -0.39 is 0 Å². The molecule has 0 saturated heterocycles. The zero-order valence-electron chi connectivity index (χ0n) is 14.0. The zero-order valence-corrected chi connectivity index (χ0v) is 16.4. The van der Waals surface area contributed by atoms with E-state index in [4.69, 9.17) is 9.47 Å². The molecule has 0 N–H and O–H groups in total. The maximum atomic E-state index is 13.0. The molecule has 1 aliphatic rings. The molecule has 0 spiro atoms. The van der Waals surface area contributed by atoms with Crippen LogP contribution in [0.4, 0.5) is 0 Å². The third kappa shape index (κ3) is 2.27. The highest BCUT2D eigenvalue weighted by Gasteiger charge is 2.17. The van der Waals surface area contributed by atoms with Gasteiger partial charge in [-0.2, -0.15) is 0 Å². The van der Waals surface area contributed by atoms with Crippen LogP contribution >= 0.6 is 27.3 Å². The van der Waals surface area contributed by atoms with Crippen LogP contribution in [0.25, 0.3) is 22.1 Å². The molecule has 0 unspecified atom stereocenters. The number of fused-ring (bicyclic) bond motifs is 4. The fourth-order valence-corrected chi connectivity index (χ4v) is 4.70. The number of ether oxygens (including phenoxy) is 2. The Kier molecular flexibility index (Phi) is 3.39. The second-order valence-corrected chi connectivity index (χ2v) is 8.19. The largest absolute Gasteiger partial charge is 0.454 e. The van der Waals surface area contributed by atoms with Crippen molar-refractivity contribution in [3.05, 3.63) is 60.3 Å². The SMILES string of the molecule is Cc1cc(C)c2nc3s/c(=C\c4cc5c(cc4Br)OCO5)c(=O)n3c2c1. The number of benzene rings is 2. The Bertz CT molecular complexity index is 1320. The summed E-state index contributed by atoms with van der Waals surface area (Å²) in [4.78, 5) is 18.4. The number of aromatic nitrogens is 2. The van der Waals surface area contributed by atoms with Crippen LogP contribution in [0.3, 0.4) is 0 Å². The first-order valence-electron chi connectivity index (χ1n) is 8.04. The number of hydrogen-bond acceptors (Lipinski definition) is 5. The van der Waals surface area contributed by atoms with Crippen LogP contribution in [0.15, 0.2) is 33.5 Å². The fraction of sp³-hybridized carbons (Fsp3) is 0.158. The Hall–Kier alpha value is -2.38. The summed E-state index contributed by atoms with van der Waals surface area (Å²) in [7, 11) is 0. The first kappa shape index (κ1) is 15.8. The highest BCUT2D eigenvalue weighted by molar-refractivity contribution is 9.10. The Balaban J connectivity index is 1.77. The van der Waals surface area contributed by atoms with Crippen LogP contribution < -0.4 is 19.6 Å². The number of hydrogen-bond donors (Lipinski definition) is 0. The summed E-state index contributed by atoms with van der Waals surface area (Å²) in [6, 6.07) is 7.83. The molecule has 26 heavy (non-hydrogen) atoms. The molecular weight excluding hydrogens is 416 g/mol. The van der Waals surface area contributed by atoms with E-state index in [0.29, 0.717) is 21.0 Å². The van der Waals surface area contributed by atoms with Crippen LogP contribution in [-0.2, 0) is 0 Å². The van der Waals surface area contributed by atoms with E-state index >= 15 is 0 Å². The Morgan fingerprint density at radius 2 is 1.96 bits per heavy atom. The van der Waals surface area contributed by atoms with Gasteiger partial charge in [0.1, 0.15) is 0 Å². The summed E-state index contributed by atoms with van der Waals surface area (Å²) < 4.78 is 14.0. The van der Waals surface area contributed by atoms with Gasteiger partial charge < -0.3 is 9.47 Å². The lowest BCUT2D eigenvalue weighted by atomic mass is 10.1. The van der Waals surface area contributed by atoms with E-state index in [1.807, 2.05) is 38.1 Å².